The highest BCUT2D eigenvalue weighted by molar-refractivity contribution is 7.80. The minimum Gasteiger partial charge on any atom is -0.360 e. The summed E-state index contributed by atoms with van der Waals surface area (Å²) in [5.41, 5.74) is 0.405. The summed E-state index contributed by atoms with van der Waals surface area (Å²) in [6.45, 7) is 3.89. The van der Waals surface area contributed by atoms with Crippen molar-refractivity contribution in [1.82, 2.24) is 5.32 Å². The van der Waals surface area contributed by atoms with E-state index in [2.05, 4.69) is 10.6 Å². The Morgan fingerprint density at radius 3 is 2.25 bits per heavy atom. The van der Waals surface area contributed by atoms with Gasteiger partial charge in [-0.25, -0.2) is 4.39 Å². The second-order valence-corrected chi connectivity index (χ2v) is 4.72. The van der Waals surface area contributed by atoms with Gasteiger partial charge in [0.15, 0.2) is 5.11 Å². The van der Waals surface area contributed by atoms with Crippen molar-refractivity contribution in [2.75, 3.05) is 5.32 Å². The van der Waals surface area contributed by atoms with E-state index in [1.807, 2.05) is 13.8 Å². The molecule has 0 saturated heterocycles. The predicted molar refractivity (Wildman–Crippen MR) is 70.9 cm³/mol. The summed E-state index contributed by atoms with van der Waals surface area (Å²) in [4.78, 5) is 0. The summed E-state index contributed by atoms with van der Waals surface area (Å²) >= 11 is 16.7. The second kappa shape index (κ2) is 5.66. The Morgan fingerprint density at radius 1 is 1.31 bits per heavy atom. The van der Waals surface area contributed by atoms with Crippen molar-refractivity contribution in [3.63, 3.8) is 0 Å². The number of hydrogen-bond donors (Lipinski definition) is 2. The van der Waals surface area contributed by atoms with Gasteiger partial charge in [-0.1, -0.05) is 23.2 Å². The topological polar surface area (TPSA) is 24.1 Å². The maximum Gasteiger partial charge on any atom is 0.171 e. The molecular weight excluding hydrogens is 270 g/mol. The summed E-state index contributed by atoms with van der Waals surface area (Å²) in [6, 6.07) is 2.54. The molecule has 0 radical (unpaired) electrons. The maximum absolute atomic E-state index is 12.9. The summed E-state index contributed by atoms with van der Waals surface area (Å²) in [6.07, 6.45) is 0. The summed E-state index contributed by atoms with van der Waals surface area (Å²) in [7, 11) is 0. The normalized spacial score (nSPS) is 10.4. The molecule has 6 heteroatoms. The molecular formula is C10H11Cl2FN2S. The van der Waals surface area contributed by atoms with Crippen LogP contribution in [0, 0.1) is 5.82 Å². The van der Waals surface area contributed by atoms with Crippen molar-refractivity contribution < 1.29 is 4.39 Å². The van der Waals surface area contributed by atoms with Crippen molar-refractivity contribution in [1.29, 1.82) is 0 Å². The lowest BCUT2D eigenvalue weighted by Crippen LogP contribution is -2.34. The minimum atomic E-state index is -0.483. The average Bonchev–Trinajstić information content (AvgIpc) is 2.09. The Labute approximate surface area is 109 Å². The first-order valence-corrected chi connectivity index (χ1v) is 5.78. The molecule has 0 fully saturated rings. The van der Waals surface area contributed by atoms with Gasteiger partial charge in [-0.2, -0.15) is 0 Å². The van der Waals surface area contributed by atoms with Gasteiger partial charge in [0.25, 0.3) is 0 Å². The van der Waals surface area contributed by atoms with E-state index >= 15 is 0 Å². The molecule has 1 aromatic carbocycles. The highest BCUT2D eigenvalue weighted by Gasteiger charge is 2.10. The largest absolute Gasteiger partial charge is 0.360 e. The quantitative estimate of drug-likeness (QED) is 0.806. The van der Waals surface area contributed by atoms with E-state index in [-0.39, 0.29) is 16.1 Å². The van der Waals surface area contributed by atoms with E-state index in [4.69, 9.17) is 35.4 Å². The third kappa shape index (κ3) is 3.77. The number of rotatable bonds is 2. The van der Waals surface area contributed by atoms with Gasteiger partial charge in [0, 0.05) is 6.04 Å². The molecule has 0 aliphatic rings. The number of thiocarbonyl (C=S) groups is 1. The molecule has 0 spiro atoms. The first-order chi connectivity index (χ1) is 7.40. The van der Waals surface area contributed by atoms with Crippen LogP contribution in [0.25, 0.3) is 0 Å². The van der Waals surface area contributed by atoms with Crippen LogP contribution in [0.4, 0.5) is 10.1 Å². The van der Waals surface area contributed by atoms with E-state index in [0.29, 0.717) is 10.8 Å². The van der Waals surface area contributed by atoms with Gasteiger partial charge in [0.2, 0.25) is 0 Å². The molecule has 0 unspecified atom stereocenters. The average molecular weight is 281 g/mol. The fraction of sp³-hybridized carbons (Fsp3) is 0.300. The number of hydrogen-bond acceptors (Lipinski definition) is 1. The van der Waals surface area contributed by atoms with Gasteiger partial charge in [-0.15, -0.1) is 0 Å². The Bertz CT molecular complexity index is 387. The Hall–Kier alpha value is -0.580. The lowest BCUT2D eigenvalue weighted by Gasteiger charge is -2.15. The fourth-order valence-corrected chi connectivity index (χ4v) is 1.97. The molecule has 0 aliphatic carbocycles. The van der Waals surface area contributed by atoms with Crippen LogP contribution in [0.2, 0.25) is 10.0 Å². The number of nitrogens with one attached hydrogen (secondary N) is 2. The molecule has 0 amide bonds. The van der Waals surface area contributed by atoms with E-state index < -0.39 is 5.82 Å². The lowest BCUT2D eigenvalue weighted by molar-refractivity contribution is 0.628. The van der Waals surface area contributed by atoms with Crippen molar-refractivity contribution in [2.24, 2.45) is 0 Å². The zero-order chi connectivity index (χ0) is 12.3. The molecule has 0 aromatic heterocycles. The molecule has 2 nitrogen and oxygen atoms in total. The maximum atomic E-state index is 12.9. The molecule has 0 aliphatic heterocycles. The Kier molecular flexibility index (Phi) is 4.77. The van der Waals surface area contributed by atoms with E-state index in [1.54, 1.807) is 0 Å². The van der Waals surface area contributed by atoms with E-state index in [9.17, 15) is 4.39 Å². The standard InChI is InChI=1S/C10H11Cl2FN2S/c1-5(2)14-10(16)15-9-7(11)3-6(13)4-8(9)12/h3-5H,1-2H3,(H2,14,15,16). The van der Waals surface area contributed by atoms with Crippen LogP contribution >= 0.6 is 35.4 Å². The molecule has 88 valence electrons. The zero-order valence-corrected chi connectivity index (χ0v) is 11.1. The summed E-state index contributed by atoms with van der Waals surface area (Å²) in [5, 5.41) is 6.58. The van der Waals surface area contributed by atoms with Crippen LogP contribution in [-0.4, -0.2) is 11.2 Å². The summed E-state index contributed by atoms with van der Waals surface area (Å²) in [5.74, 6) is -0.483. The first-order valence-electron chi connectivity index (χ1n) is 4.62. The van der Waals surface area contributed by atoms with Gasteiger partial charge in [-0.05, 0) is 38.2 Å². The van der Waals surface area contributed by atoms with Gasteiger partial charge >= 0.3 is 0 Å². The van der Waals surface area contributed by atoms with Crippen molar-refractivity contribution in [3.05, 3.63) is 28.0 Å². The number of halogens is 3. The van der Waals surface area contributed by atoms with Crippen LogP contribution in [-0.2, 0) is 0 Å². The highest BCUT2D eigenvalue weighted by Crippen LogP contribution is 2.31. The number of benzene rings is 1. The fourth-order valence-electron chi connectivity index (χ4n) is 1.07. The van der Waals surface area contributed by atoms with Crippen LogP contribution < -0.4 is 10.6 Å². The second-order valence-electron chi connectivity index (χ2n) is 3.50. The molecule has 2 N–H and O–H groups in total. The van der Waals surface area contributed by atoms with Gasteiger partial charge in [0.1, 0.15) is 5.82 Å². The SMILES string of the molecule is CC(C)NC(=S)Nc1c(Cl)cc(F)cc1Cl. The molecule has 1 rings (SSSR count). The van der Waals surface area contributed by atoms with Gasteiger partial charge < -0.3 is 10.6 Å². The monoisotopic (exact) mass is 280 g/mol. The predicted octanol–water partition coefficient (Wildman–Crippen LogP) is 3.83. The minimum absolute atomic E-state index is 0.193. The third-order valence-electron chi connectivity index (χ3n) is 1.67. The van der Waals surface area contributed by atoms with E-state index in [1.165, 1.54) is 12.1 Å². The van der Waals surface area contributed by atoms with Crippen LogP contribution in [0.15, 0.2) is 12.1 Å². The highest BCUT2D eigenvalue weighted by atomic mass is 35.5. The molecule has 0 bridgehead atoms. The van der Waals surface area contributed by atoms with Gasteiger partial charge in [0.05, 0.1) is 15.7 Å². The van der Waals surface area contributed by atoms with Crippen LogP contribution in [0.3, 0.4) is 0 Å². The Morgan fingerprint density at radius 2 is 1.81 bits per heavy atom. The molecule has 0 heterocycles. The number of anilines is 1. The van der Waals surface area contributed by atoms with Crippen LogP contribution in [0.1, 0.15) is 13.8 Å². The third-order valence-corrected chi connectivity index (χ3v) is 2.48. The first kappa shape index (κ1) is 13.5. The van der Waals surface area contributed by atoms with Crippen molar-refractivity contribution >= 4 is 46.2 Å². The summed E-state index contributed by atoms with van der Waals surface area (Å²) < 4.78 is 12.9. The smallest absolute Gasteiger partial charge is 0.171 e. The molecule has 16 heavy (non-hydrogen) atoms. The van der Waals surface area contributed by atoms with Crippen molar-refractivity contribution in [3.8, 4) is 0 Å². The van der Waals surface area contributed by atoms with Crippen molar-refractivity contribution in [2.45, 2.75) is 19.9 Å². The zero-order valence-electron chi connectivity index (χ0n) is 8.77. The molecule has 0 atom stereocenters. The van der Waals surface area contributed by atoms with Crippen LogP contribution in [0.5, 0.6) is 0 Å². The molecule has 1 aromatic rings. The molecule has 0 saturated carbocycles. The Balaban J connectivity index is 2.85. The van der Waals surface area contributed by atoms with Gasteiger partial charge in [-0.3, -0.25) is 0 Å². The van der Waals surface area contributed by atoms with E-state index in [0.717, 1.165) is 0 Å². The lowest BCUT2D eigenvalue weighted by atomic mass is 10.3.